The smallest absolute Gasteiger partial charge is 0.224 e. The Kier molecular flexibility index (Phi) is 4.53. The van der Waals surface area contributed by atoms with Gasteiger partial charge < -0.3 is 4.74 Å². The molecule has 0 spiro atoms. The molecule has 0 unspecified atom stereocenters. The van der Waals surface area contributed by atoms with Crippen molar-refractivity contribution >= 4 is 17.7 Å². The minimum Gasteiger partial charge on any atom is -0.438 e. The van der Waals surface area contributed by atoms with E-state index in [9.17, 15) is 0 Å². The fraction of sp³-hybridized carbons (Fsp3) is 0.200. The number of aromatic nitrogens is 2. The van der Waals surface area contributed by atoms with Gasteiger partial charge in [-0.15, -0.1) is 0 Å². The van der Waals surface area contributed by atoms with Crippen LogP contribution in [0.25, 0.3) is 6.08 Å². The molecule has 0 saturated carbocycles. The SMILES string of the molecule is C/C=C/c1ccccc1Oc1cc(Cl)nc(CC)n1. The van der Waals surface area contributed by atoms with Crippen molar-refractivity contribution in [2.24, 2.45) is 0 Å². The van der Waals surface area contributed by atoms with Gasteiger partial charge in [0.05, 0.1) is 0 Å². The highest BCUT2D eigenvalue weighted by atomic mass is 35.5. The summed E-state index contributed by atoms with van der Waals surface area (Å²) in [6.07, 6.45) is 4.67. The van der Waals surface area contributed by atoms with Crippen molar-refractivity contribution in [2.45, 2.75) is 20.3 Å². The molecular formula is C15H15ClN2O. The molecule has 0 saturated heterocycles. The molecule has 0 radical (unpaired) electrons. The number of allylic oxidation sites excluding steroid dienone is 1. The lowest BCUT2D eigenvalue weighted by atomic mass is 10.2. The Labute approximate surface area is 117 Å². The molecule has 0 fully saturated rings. The minimum atomic E-state index is 0.394. The number of benzene rings is 1. The van der Waals surface area contributed by atoms with Gasteiger partial charge in [0, 0.05) is 18.1 Å². The summed E-state index contributed by atoms with van der Waals surface area (Å²) in [7, 11) is 0. The number of para-hydroxylation sites is 1. The number of rotatable bonds is 4. The largest absolute Gasteiger partial charge is 0.438 e. The average molecular weight is 275 g/mol. The summed E-state index contributed by atoms with van der Waals surface area (Å²) in [6, 6.07) is 9.39. The molecule has 1 heterocycles. The first-order valence-electron chi connectivity index (χ1n) is 6.16. The average Bonchev–Trinajstić information content (AvgIpc) is 2.40. The highest BCUT2D eigenvalue weighted by molar-refractivity contribution is 6.29. The number of aryl methyl sites for hydroxylation is 1. The van der Waals surface area contributed by atoms with Crippen LogP contribution in [0.3, 0.4) is 0 Å². The molecule has 0 bridgehead atoms. The number of ether oxygens (including phenoxy) is 1. The highest BCUT2D eigenvalue weighted by Gasteiger charge is 2.06. The van der Waals surface area contributed by atoms with Crippen LogP contribution in [-0.2, 0) is 6.42 Å². The normalized spacial score (nSPS) is 10.9. The van der Waals surface area contributed by atoms with Crippen LogP contribution in [0, 0.1) is 0 Å². The van der Waals surface area contributed by atoms with Gasteiger partial charge in [0.15, 0.2) is 0 Å². The van der Waals surface area contributed by atoms with E-state index < -0.39 is 0 Å². The molecule has 1 aromatic heterocycles. The lowest BCUT2D eigenvalue weighted by molar-refractivity contribution is 0.458. The van der Waals surface area contributed by atoms with Crippen molar-refractivity contribution in [1.82, 2.24) is 9.97 Å². The van der Waals surface area contributed by atoms with Gasteiger partial charge in [-0.25, -0.2) is 4.98 Å². The monoisotopic (exact) mass is 274 g/mol. The van der Waals surface area contributed by atoms with Gasteiger partial charge in [-0.3, -0.25) is 0 Å². The third-order valence-corrected chi connectivity index (χ3v) is 2.71. The third-order valence-electron chi connectivity index (χ3n) is 2.51. The Morgan fingerprint density at radius 3 is 2.79 bits per heavy atom. The number of hydrogen-bond donors (Lipinski definition) is 0. The van der Waals surface area contributed by atoms with E-state index in [0.717, 1.165) is 11.3 Å². The fourth-order valence-electron chi connectivity index (χ4n) is 1.66. The van der Waals surface area contributed by atoms with Gasteiger partial charge in [-0.05, 0) is 13.0 Å². The molecule has 0 atom stereocenters. The zero-order valence-electron chi connectivity index (χ0n) is 10.9. The molecule has 3 nitrogen and oxygen atoms in total. The molecule has 0 aliphatic rings. The van der Waals surface area contributed by atoms with Crippen LogP contribution in [0.4, 0.5) is 0 Å². The summed E-state index contributed by atoms with van der Waals surface area (Å²) in [4.78, 5) is 8.42. The zero-order valence-corrected chi connectivity index (χ0v) is 11.7. The molecule has 19 heavy (non-hydrogen) atoms. The third kappa shape index (κ3) is 3.55. The molecule has 1 aromatic carbocycles. The second-order valence-corrected chi connectivity index (χ2v) is 4.33. The van der Waals surface area contributed by atoms with Crippen LogP contribution in [-0.4, -0.2) is 9.97 Å². The second kappa shape index (κ2) is 6.34. The van der Waals surface area contributed by atoms with Gasteiger partial charge in [-0.1, -0.05) is 48.9 Å². The van der Waals surface area contributed by atoms with E-state index in [2.05, 4.69) is 9.97 Å². The van der Waals surface area contributed by atoms with Crippen molar-refractivity contribution in [2.75, 3.05) is 0 Å². The second-order valence-electron chi connectivity index (χ2n) is 3.94. The summed E-state index contributed by atoms with van der Waals surface area (Å²) in [5.74, 6) is 1.89. The van der Waals surface area contributed by atoms with Crippen LogP contribution in [0.5, 0.6) is 11.6 Å². The summed E-state index contributed by atoms with van der Waals surface area (Å²) < 4.78 is 5.80. The Balaban J connectivity index is 2.33. The fourth-order valence-corrected chi connectivity index (χ4v) is 1.85. The summed E-state index contributed by atoms with van der Waals surface area (Å²) >= 11 is 5.95. The Hall–Kier alpha value is -1.87. The minimum absolute atomic E-state index is 0.394. The first-order chi connectivity index (χ1) is 9.22. The zero-order chi connectivity index (χ0) is 13.7. The lowest BCUT2D eigenvalue weighted by Gasteiger charge is -2.08. The molecule has 2 rings (SSSR count). The quantitative estimate of drug-likeness (QED) is 0.769. The first-order valence-corrected chi connectivity index (χ1v) is 6.53. The van der Waals surface area contributed by atoms with Gasteiger partial charge in [0.2, 0.25) is 5.88 Å². The van der Waals surface area contributed by atoms with Crippen molar-refractivity contribution < 1.29 is 4.74 Å². The van der Waals surface area contributed by atoms with Crippen molar-refractivity contribution in [1.29, 1.82) is 0 Å². The molecule has 98 valence electrons. The van der Waals surface area contributed by atoms with E-state index in [4.69, 9.17) is 16.3 Å². The molecule has 0 N–H and O–H groups in total. The Morgan fingerprint density at radius 1 is 1.26 bits per heavy atom. The summed E-state index contributed by atoms with van der Waals surface area (Å²) in [5, 5.41) is 0.394. The predicted octanol–water partition coefficient (Wildman–Crippen LogP) is 4.52. The van der Waals surface area contributed by atoms with E-state index in [-0.39, 0.29) is 0 Å². The van der Waals surface area contributed by atoms with E-state index >= 15 is 0 Å². The molecule has 0 aliphatic carbocycles. The standard InChI is InChI=1S/C15H15ClN2O/c1-3-7-11-8-5-6-9-12(11)19-15-10-13(16)17-14(4-2)18-15/h3,5-10H,4H2,1-2H3/b7-3+. The molecule has 0 aliphatic heterocycles. The maximum absolute atomic E-state index is 5.95. The predicted molar refractivity (Wildman–Crippen MR) is 77.6 cm³/mol. The number of halogens is 1. The molecular weight excluding hydrogens is 260 g/mol. The van der Waals surface area contributed by atoms with Gasteiger partial charge >= 0.3 is 0 Å². The van der Waals surface area contributed by atoms with Crippen molar-refractivity contribution in [3.05, 3.63) is 52.9 Å². The van der Waals surface area contributed by atoms with Crippen LogP contribution >= 0.6 is 11.6 Å². The van der Waals surface area contributed by atoms with Gasteiger partial charge in [0.25, 0.3) is 0 Å². The van der Waals surface area contributed by atoms with Crippen LogP contribution < -0.4 is 4.74 Å². The van der Waals surface area contributed by atoms with E-state index in [1.54, 1.807) is 6.07 Å². The van der Waals surface area contributed by atoms with E-state index in [1.165, 1.54) is 0 Å². The Morgan fingerprint density at radius 2 is 2.05 bits per heavy atom. The van der Waals surface area contributed by atoms with E-state index in [1.807, 2.05) is 50.3 Å². The molecule has 0 amide bonds. The van der Waals surface area contributed by atoms with Crippen LogP contribution in [0.1, 0.15) is 25.2 Å². The lowest BCUT2D eigenvalue weighted by Crippen LogP contribution is -1.97. The van der Waals surface area contributed by atoms with Crippen LogP contribution in [0.2, 0.25) is 5.15 Å². The summed E-state index contributed by atoms with van der Waals surface area (Å²) in [6.45, 7) is 3.94. The molecule has 2 aromatic rings. The van der Waals surface area contributed by atoms with Crippen molar-refractivity contribution in [3.63, 3.8) is 0 Å². The van der Waals surface area contributed by atoms with Gasteiger partial charge in [-0.2, -0.15) is 4.98 Å². The molecule has 4 heteroatoms. The Bertz CT molecular complexity index is 596. The van der Waals surface area contributed by atoms with Crippen molar-refractivity contribution in [3.8, 4) is 11.6 Å². The topological polar surface area (TPSA) is 35.0 Å². The van der Waals surface area contributed by atoms with Crippen LogP contribution in [0.15, 0.2) is 36.4 Å². The maximum atomic E-state index is 5.95. The maximum Gasteiger partial charge on any atom is 0.224 e. The van der Waals surface area contributed by atoms with E-state index in [0.29, 0.717) is 23.3 Å². The first kappa shape index (κ1) is 13.6. The van der Waals surface area contributed by atoms with Gasteiger partial charge in [0.1, 0.15) is 16.7 Å². The highest BCUT2D eigenvalue weighted by Crippen LogP contribution is 2.26. The number of hydrogen-bond acceptors (Lipinski definition) is 3. The number of nitrogens with zero attached hydrogens (tertiary/aromatic N) is 2. The summed E-state index contributed by atoms with van der Waals surface area (Å²) in [5.41, 5.74) is 0.998.